The minimum absolute atomic E-state index is 0.289. The standard InChI is InChI=1S/C21H19ClN2O6/c1-12-17(11-23(29)19(25)10-20(26)27)16-9-15(30-2)7-8-18(16)24(12)21(28)13-3-5-14(22)6-4-13/h3-9,29H,10-11H2,1-2H3,(H,26,27). The zero-order chi connectivity index (χ0) is 22.0. The number of amides is 1. The molecule has 8 nitrogen and oxygen atoms in total. The molecule has 3 rings (SSSR count). The molecule has 0 radical (unpaired) electrons. The predicted molar refractivity (Wildman–Crippen MR) is 109 cm³/mol. The van der Waals surface area contributed by atoms with Crippen molar-refractivity contribution >= 4 is 40.3 Å². The van der Waals surface area contributed by atoms with Crippen LogP contribution in [0.3, 0.4) is 0 Å². The van der Waals surface area contributed by atoms with Crippen LogP contribution in [0.25, 0.3) is 10.9 Å². The van der Waals surface area contributed by atoms with Gasteiger partial charge in [0.25, 0.3) is 11.8 Å². The lowest BCUT2D eigenvalue weighted by molar-refractivity contribution is -0.170. The number of ether oxygens (including phenoxy) is 1. The van der Waals surface area contributed by atoms with Gasteiger partial charge in [-0.1, -0.05) is 11.6 Å². The van der Waals surface area contributed by atoms with Gasteiger partial charge < -0.3 is 9.84 Å². The maximum Gasteiger partial charge on any atom is 0.312 e. The van der Waals surface area contributed by atoms with Crippen molar-refractivity contribution in [2.24, 2.45) is 0 Å². The number of rotatable bonds is 6. The highest BCUT2D eigenvalue weighted by molar-refractivity contribution is 6.30. The van der Waals surface area contributed by atoms with Gasteiger partial charge in [0.15, 0.2) is 0 Å². The highest BCUT2D eigenvalue weighted by atomic mass is 35.5. The highest BCUT2D eigenvalue weighted by Crippen LogP contribution is 2.31. The Morgan fingerprint density at radius 3 is 2.40 bits per heavy atom. The number of carboxylic acid groups (broad SMARTS) is 1. The molecule has 3 aromatic rings. The van der Waals surface area contributed by atoms with Gasteiger partial charge >= 0.3 is 5.97 Å². The van der Waals surface area contributed by atoms with Gasteiger partial charge in [0.05, 0.1) is 19.2 Å². The Kier molecular flexibility index (Phi) is 6.09. The maximum absolute atomic E-state index is 13.2. The molecule has 30 heavy (non-hydrogen) atoms. The first-order valence-electron chi connectivity index (χ1n) is 8.92. The lowest BCUT2D eigenvalue weighted by Crippen LogP contribution is -2.29. The maximum atomic E-state index is 13.2. The molecule has 1 aromatic heterocycles. The number of halogens is 1. The number of nitrogens with zero attached hydrogens (tertiary/aromatic N) is 2. The molecule has 2 N–H and O–H groups in total. The van der Waals surface area contributed by atoms with Crippen LogP contribution in [0.4, 0.5) is 0 Å². The zero-order valence-electron chi connectivity index (χ0n) is 16.3. The Balaban J connectivity index is 2.11. The number of carbonyl (C=O) groups is 3. The summed E-state index contributed by atoms with van der Waals surface area (Å²) in [6.07, 6.45) is -0.846. The molecule has 0 aliphatic rings. The highest BCUT2D eigenvalue weighted by Gasteiger charge is 2.24. The summed E-state index contributed by atoms with van der Waals surface area (Å²) in [6, 6.07) is 11.5. The third-order valence-electron chi connectivity index (χ3n) is 4.73. The van der Waals surface area contributed by atoms with Crippen molar-refractivity contribution in [1.29, 1.82) is 0 Å². The SMILES string of the molecule is COc1ccc2c(c1)c(CN(O)C(=O)CC(=O)O)c(C)n2C(=O)c1ccc(Cl)cc1. The number of methoxy groups -OCH3 is 1. The number of benzene rings is 2. The van der Waals surface area contributed by atoms with Crippen molar-refractivity contribution in [2.75, 3.05) is 7.11 Å². The number of hydrogen-bond acceptors (Lipinski definition) is 5. The van der Waals surface area contributed by atoms with E-state index in [1.54, 1.807) is 49.4 Å². The molecule has 0 bridgehead atoms. The van der Waals surface area contributed by atoms with E-state index in [1.165, 1.54) is 11.7 Å². The molecule has 0 saturated heterocycles. The van der Waals surface area contributed by atoms with E-state index >= 15 is 0 Å². The number of carbonyl (C=O) groups excluding carboxylic acids is 2. The van der Waals surface area contributed by atoms with Gasteiger partial charge in [0.1, 0.15) is 12.2 Å². The Morgan fingerprint density at radius 2 is 1.80 bits per heavy atom. The molecule has 0 saturated carbocycles. The van der Waals surface area contributed by atoms with Crippen LogP contribution in [0.15, 0.2) is 42.5 Å². The lowest BCUT2D eigenvalue weighted by atomic mass is 10.1. The summed E-state index contributed by atoms with van der Waals surface area (Å²) in [7, 11) is 1.50. The molecule has 0 aliphatic heterocycles. The molecule has 9 heteroatoms. The monoisotopic (exact) mass is 430 g/mol. The van der Waals surface area contributed by atoms with Gasteiger partial charge in [-0.05, 0) is 49.4 Å². The summed E-state index contributed by atoms with van der Waals surface area (Å²) in [5.41, 5.74) is 1.96. The van der Waals surface area contributed by atoms with Crippen LogP contribution in [-0.4, -0.2) is 44.8 Å². The van der Waals surface area contributed by atoms with E-state index < -0.39 is 18.3 Å². The molecular formula is C21H19ClN2O6. The molecule has 0 spiro atoms. The van der Waals surface area contributed by atoms with Crippen molar-refractivity contribution in [3.63, 3.8) is 0 Å². The van der Waals surface area contributed by atoms with E-state index in [9.17, 15) is 19.6 Å². The minimum atomic E-state index is -1.35. The van der Waals surface area contributed by atoms with Crippen LogP contribution in [0.1, 0.15) is 28.0 Å². The van der Waals surface area contributed by atoms with Crippen molar-refractivity contribution < 1.29 is 29.4 Å². The van der Waals surface area contributed by atoms with E-state index in [-0.39, 0.29) is 12.5 Å². The van der Waals surface area contributed by atoms with Crippen LogP contribution in [0, 0.1) is 6.92 Å². The number of fused-ring (bicyclic) bond motifs is 1. The topological polar surface area (TPSA) is 109 Å². The first-order chi connectivity index (χ1) is 14.2. The number of carboxylic acids is 1. The summed E-state index contributed by atoms with van der Waals surface area (Å²) < 4.78 is 6.74. The van der Waals surface area contributed by atoms with E-state index in [0.717, 1.165) is 0 Å². The van der Waals surface area contributed by atoms with Gasteiger partial charge in [0.2, 0.25) is 0 Å². The summed E-state index contributed by atoms with van der Waals surface area (Å²) in [4.78, 5) is 35.9. The average Bonchev–Trinajstić information content (AvgIpc) is 2.98. The Bertz CT molecular complexity index is 1140. The Labute approximate surface area is 176 Å². The number of aliphatic carboxylic acids is 1. The third kappa shape index (κ3) is 4.14. The van der Waals surface area contributed by atoms with E-state index in [2.05, 4.69) is 0 Å². The smallest absolute Gasteiger partial charge is 0.312 e. The van der Waals surface area contributed by atoms with E-state index in [1.807, 2.05) is 0 Å². The molecule has 156 valence electrons. The fourth-order valence-corrected chi connectivity index (χ4v) is 3.36. The van der Waals surface area contributed by atoms with E-state index in [0.29, 0.717) is 43.6 Å². The van der Waals surface area contributed by atoms with Crippen molar-refractivity contribution in [2.45, 2.75) is 19.9 Å². The Hall–Kier alpha value is -3.36. The zero-order valence-corrected chi connectivity index (χ0v) is 17.0. The van der Waals surface area contributed by atoms with Crippen LogP contribution in [0.5, 0.6) is 5.75 Å². The summed E-state index contributed by atoms with van der Waals surface area (Å²) in [5.74, 6) is -2.10. The lowest BCUT2D eigenvalue weighted by Gasteiger charge is -2.14. The van der Waals surface area contributed by atoms with Gasteiger partial charge in [-0.25, -0.2) is 5.06 Å². The number of aromatic nitrogens is 1. The van der Waals surface area contributed by atoms with Gasteiger partial charge in [-0.2, -0.15) is 0 Å². The quantitative estimate of drug-likeness (QED) is 0.352. The molecular weight excluding hydrogens is 412 g/mol. The fourth-order valence-electron chi connectivity index (χ4n) is 3.23. The second kappa shape index (κ2) is 8.56. The van der Waals surface area contributed by atoms with Crippen molar-refractivity contribution in [3.05, 3.63) is 64.3 Å². The summed E-state index contributed by atoms with van der Waals surface area (Å²) in [6.45, 7) is 1.40. The van der Waals surface area contributed by atoms with Gasteiger partial charge in [0, 0.05) is 27.2 Å². The fraction of sp³-hybridized carbons (Fsp3) is 0.190. The minimum Gasteiger partial charge on any atom is -0.497 e. The van der Waals surface area contributed by atoms with Crippen LogP contribution in [0.2, 0.25) is 5.02 Å². The van der Waals surface area contributed by atoms with Crippen molar-refractivity contribution in [1.82, 2.24) is 9.63 Å². The van der Waals surface area contributed by atoms with Crippen LogP contribution >= 0.6 is 11.6 Å². The normalized spacial score (nSPS) is 10.8. The molecule has 2 aromatic carbocycles. The molecule has 1 heterocycles. The molecule has 0 aliphatic carbocycles. The molecule has 1 amide bonds. The van der Waals surface area contributed by atoms with Gasteiger partial charge in [-0.15, -0.1) is 0 Å². The average molecular weight is 431 g/mol. The van der Waals surface area contributed by atoms with Crippen molar-refractivity contribution in [3.8, 4) is 5.75 Å². The predicted octanol–water partition coefficient (Wildman–Crippen LogP) is 3.49. The first-order valence-corrected chi connectivity index (χ1v) is 9.30. The van der Waals surface area contributed by atoms with Gasteiger partial charge in [-0.3, -0.25) is 24.2 Å². The molecule has 0 fully saturated rings. The third-order valence-corrected chi connectivity index (χ3v) is 4.99. The van der Waals surface area contributed by atoms with Crippen LogP contribution in [-0.2, 0) is 16.1 Å². The largest absolute Gasteiger partial charge is 0.497 e. The van der Waals surface area contributed by atoms with Crippen LogP contribution < -0.4 is 4.74 Å². The summed E-state index contributed by atoms with van der Waals surface area (Å²) in [5, 5.41) is 20.3. The second-order valence-corrected chi connectivity index (χ2v) is 7.05. The summed E-state index contributed by atoms with van der Waals surface area (Å²) >= 11 is 5.91. The van der Waals surface area contributed by atoms with E-state index in [4.69, 9.17) is 21.4 Å². The Morgan fingerprint density at radius 1 is 1.13 bits per heavy atom. The first kappa shape index (κ1) is 21.4. The number of hydrogen-bond donors (Lipinski definition) is 2. The molecule has 0 atom stereocenters. The number of hydroxylamine groups is 2. The molecule has 0 unspecified atom stereocenters. The second-order valence-electron chi connectivity index (χ2n) is 6.62.